The van der Waals surface area contributed by atoms with Gasteiger partial charge < -0.3 is 10.5 Å². The van der Waals surface area contributed by atoms with Crippen LogP contribution in [0.2, 0.25) is 0 Å². The van der Waals surface area contributed by atoms with Crippen LogP contribution < -0.4 is 5.73 Å². The van der Waals surface area contributed by atoms with Crippen molar-refractivity contribution in [3.63, 3.8) is 0 Å². The van der Waals surface area contributed by atoms with Crippen molar-refractivity contribution in [2.24, 2.45) is 5.73 Å². The fraction of sp³-hybridized carbons (Fsp3) is 0.600. The number of ether oxygens (including phenoxy) is 1. The summed E-state index contributed by atoms with van der Waals surface area (Å²) in [6.07, 6.45) is 6.78. The van der Waals surface area contributed by atoms with E-state index in [4.69, 9.17) is 10.5 Å². The van der Waals surface area contributed by atoms with Crippen LogP contribution in [0, 0.1) is 10.1 Å². The Hall–Kier alpha value is -0.980. The first-order chi connectivity index (χ1) is 10.0. The maximum absolute atomic E-state index is 10.9. The second-order valence-corrected chi connectivity index (χ2v) is 6.57. The number of nitro groups is 1. The standard InChI is InChI=1S/C15H21BrN2O3/c16-14-12(6-5-7-13(14)18(19)20)10-21-11-15(17)8-3-1-2-4-9-15/h5-7H,1-4,8-11,17H2. The molecular formula is C15H21BrN2O3. The van der Waals surface area contributed by atoms with E-state index in [1.807, 2.05) is 6.07 Å². The minimum Gasteiger partial charge on any atom is -0.375 e. The molecule has 2 rings (SSSR count). The maximum Gasteiger partial charge on any atom is 0.283 e. The van der Waals surface area contributed by atoms with Crippen molar-refractivity contribution < 1.29 is 9.66 Å². The number of nitrogens with two attached hydrogens (primary N) is 1. The predicted octanol–water partition coefficient (Wildman–Crippen LogP) is 3.93. The van der Waals surface area contributed by atoms with Crippen LogP contribution in [0.15, 0.2) is 22.7 Å². The van der Waals surface area contributed by atoms with Gasteiger partial charge in [-0.3, -0.25) is 10.1 Å². The SMILES string of the molecule is NC1(COCc2cccc([N+](=O)[O-])c2Br)CCCCCC1. The summed E-state index contributed by atoms with van der Waals surface area (Å²) in [6, 6.07) is 4.97. The molecule has 2 N–H and O–H groups in total. The molecule has 0 radical (unpaired) electrons. The van der Waals surface area contributed by atoms with Crippen molar-refractivity contribution in [2.75, 3.05) is 6.61 Å². The molecule has 0 saturated heterocycles. The largest absolute Gasteiger partial charge is 0.375 e. The second-order valence-electron chi connectivity index (χ2n) is 5.78. The zero-order valence-electron chi connectivity index (χ0n) is 12.0. The number of halogens is 1. The highest BCUT2D eigenvalue weighted by atomic mass is 79.9. The zero-order chi connectivity index (χ0) is 15.3. The fourth-order valence-corrected chi connectivity index (χ4v) is 3.28. The number of nitro benzene ring substituents is 1. The van der Waals surface area contributed by atoms with E-state index in [1.165, 1.54) is 18.9 Å². The van der Waals surface area contributed by atoms with E-state index in [-0.39, 0.29) is 11.2 Å². The topological polar surface area (TPSA) is 78.4 Å². The average Bonchev–Trinajstić information content (AvgIpc) is 2.65. The molecule has 0 aromatic heterocycles. The number of hydrogen-bond donors (Lipinski definition) is 1. The molecule has 0 aliphatic heterocycles. The van der Waals surface area contributed by atoms with Crippen LogP contribution >= 0.6 is 15.9 Å². The van der Waals surface area contributed by atoms with Crippen molar-refractivity contribution >= 4 is 21.6 Å². The van der Waals surface area contributed by atoms with Crippen LogP contribution in [-0.4, -0.2) is 17.1 Å². The summed E-state index contributed by atoms with van der Waals surface area (Å²) in [5.41, 5.74) is 6.99. The van der Waals surface area contributed by atoms with Crippen molar-refractivity contribution in [3.8, 4) is 0 Å². The summed E-state index contributed by atoms with van der Waals surface area (Å²) in [5, 5.41) is 10.9. The third-order valence-corrected chi connectivity index (χ3v) is 4.92. The molecule has 1 aromatic carbocycles. The molecule has 0 bridgehead atoms. The fourth-order valence-electron chi connectivity index (χ4n) is 2.76. The van der Waals surface area contributed by atoms with Crippen molar-refractivity contribution in [1.29, 1.82) is 0 Å². The molecule has 1 fully saturated rings. The van der Waals surface area contributed by atoms with E-state index < -0.39 is 4.92 Å². The molecule has 5 nitrogen and oxygen atoms in total. The molecule has 116 valence electrons. The van der Waals surface area contributed by atoms with Gasteiger partial charge >= 0.3 is 0 Å². The van der Waals surface area contributed by atoms with Crippen LogP contribution in [0.1, 0.15) is 44.1 Å². The van der Waals surface area contributed by atoms with Crippen LogP contribution in [0.4, 0.5) is 5.69 Å². The highest BCUT2D eigenvalue weighted by molar-refractivity contribution is 9.10. The lowest BCUT2D eigenvalue weighted by atomic mass is 9.92. The molecular weight excluding hydrogens is 336 g/mol. The van der Waals surface area contributed by atoms with Crippen molar-refractivity contribution in [2.45, 2.75) is 50.7 Å². The zero-order valence-corrected chi connectivity index (χ0v) is 13.6. The van der Waals surface area contributed by atoms with E-state index in [0.717, 1.165) is 31.2 Å². The van der Waals surface area contributed by atoms with Crippen LogP contribution in [0.3, 0.4) is 0 Å². The lowest BCUT2D eigenvalue weighted by Crippen LogP contribution is -2.43. The summed E-state index contributed by atoms with van der Waals surface area (Å²) >= 11 is 3.28. The Morgan fingerprint density at radius 3 is 2.57 bits per heavy atom. The van der Waals surface area contributed by atoms with Gasteiger partial charge in [0.2, 0.25) is 0 Å². The quantitative estimate of drug-likeness (QED) is 0.492. The molecule has 0 atom stereocenters. The summed E-state index contributed by atoms with van der Waals surface area (Å²) < 4.78 is 6.24. The number of nitrogens with zero attached hydrogens (tertiary/aromatic N) is 1. The predicted molar refractivity (Wildman–Crippen MR) is 85.1 cm³/mol. The van der Waals surface area contributed by atoms with E-state index in [2.05, 4.69) is 15.9 Å². The summed E-state index contributed by atoms with van der Waals surface area (Å²) in [6.45, 7) is 0.837. The monoisotopic (exact) mass is 356 g/mol. The van der Waals surface area contributed by atoms with E-state index in [0.29, 0.717) is 17.7 Å². The normalized spacial score (nSPS) is 18.2. The minimum atomic E-state index is -0.399. The Labute approximate surface area is 133 Å². The van der Waals surface area contributed by atoms with Gasteiger partial charge in [0.25, 0.3) is 5.69 Å². The maximum atomic E-state index is 10.9. The summed E-state index contributed by atoms with van der Waals surface area (Å²) in [5.74, 6) is 0. The molecule has 1 aliphatic carbocycles. The highest BCUT2D eigenvalue weighted by Gasteiger charge is 2.26. The van der Waals surface area contributed by atoms with Gasteiger partial charge in [0.05, 0.1) is 18.1 Å². The van der Waals surface area contributed by atoms with Gasteiger partial charge in [0.15, 0.2) is 0 Å². The molecule has 6 heteroatoms. The average molecular weight is 357 g/mol. The first-order valence-corrected chi connectivity index (χ1v) is 8.09. The smallest absolute Gasteiger partial charge is 0.283 e. The molecule has 1 aromatic rings. The van der Waals surface area contributed by atoms with E-state index in [1.54, 1.807) is 6.07 Å². The molecule has 0 spiro atoms. The lowest BCUT2D eigenvalue weighted by molar-refractivity contribution is -0.385. The molecule has 1 aliphatic rings. The van der Waals surface area contributed by atoms with Crippen molar-refractivity contribution in [3.05, 3.63) is 38.3 Å². The lowest BCUT2D eigenvalue weighted by Gasteiger charge is -2.27. The third-order valence-electron chi connectivity index (χ3n) is 4.00. The molecule has 0 heterocycles. The Balaban J connectivity index is 1.94. The van der Waals surface area contributed by atoms with Gasteiger partial charge in [-0.1, -0.05) is 37.8 Å². The Morgan fingerprint density at radius 2 is 1.95 bits per heavy atom. The molecule has 0 unspecified atom stereocenters. The van der Waals surface area contributed by atoms with Gasteiger partial charge in [-0.2, -0.15) is 0 Å². The summed E-state index contributed by atoms with van der Waals surface area (Å²) in [4.78, 5) is 10.5. The van der Waals surface area contributed by atoms with E-state index in [9.17, 15) is 10.1 Å². The van der Waals surface area contributed by atoms with Crippen molar-refractivity contribution in [1.82, 2.24) is 0 Å². The van der Waals surface area contributed by atoms with Crippen LogP contribution in [-0.2, 0) is 11.3 Å². The Kier molecular flexibility index (Phi) is 5.72. The molecule has 1 saturated carbocycles. The van der Waals surface area contributed by atoms with Crippen LogP contribution in [0.25, 0.3) is 0 Å². The summed E-state index contributed by atoms with van der Waals surface area (Å²) in [7, 11) is 0. The van der Waals surface area contributed by atoms with Gasteiger partial charge in [-0.05, 0) is 34.3 Å². The minimum absolute atomic E-state index is 0.0630. The van der Waals surface area contributed by atoms with E-state index >= 15 is 0 Å². The third kappa shape index (κ3) is 4.49. The number of hydrogen-bond acceptors (Lipinski definition) is 4. The van der Waals surface area contributed by atoms with Gasteiger partial charge in [0, 0.05) is 11.6 Å². The first-order valence-electron chi connectivity index (χ1n) is 7.30. The van der Waals surface area contributed by atoms with Gasteiger partial charge in [0.1, 0.15) is 4.47 Å². The Morgan fingerprint density at radius 1 is 1.29 bits per heavy atom. The van der Waals surface area contributed by atoms with Gasteiger partial charge in [-0.25, -0.2) is 0 Å². The highest BCUT2D eigenvalue weighted by Crippen LogP contribution is 2.30. The molecule has 0 amide bonds. The first kappa shape index (κ1) is 16.4. The van der Waals surface area contributed by atoms with Gasteiger partial charge in [-0.15, -0.1) is 0 Å². The second kappa shape index (κ2) is 7.33. The number of benzene rings is 1. The Bertz CT molecular complexity index is 500. The molecule has 21 heavy (non-hydrogen) atoms. The number of rotatable bonds is 5. The van der Waals surface area contributed by atoms with Crippen LogP contribution in [0.5, 0.6) is 0 Å².